The molecule has 0 heterocycles. The maximum Gasteiger partial charge on any atom is 0.129 e. The molecule has 1 rings (SSSR count). The zero-order valence-electron chi connectivity index (χ0n) is 10.4. The van der Waals surface area contributed by atoms with Crippen molar-refractivity contribution in [3.63, 3.8) is 0 Å². The molecule has 3 heteroatoms. The van der Waals surface area contributed by atoms with Crippen LogP contribution in [0.5, 0.6) is 0 Å². The highest BCUT2D eigenvalue weighted by atomic mass is 79.9. The second-order valence-electron chi connectivity index (χ2n) is 4.44. The van der Waals surface area contributed by atoms with Crippen molar-refractivity contribution in [2.75, 3.05) is 0 Å². The summed E-state index contributed by atoms with van der Waals surface area (Å²) in [5, 5.41) is 0. The largest absolute Gasteiger partial charge is 0.324 e. The molecule has 0 radical (unpaired) electrons. The van der Waals surface area contributed by atoms with Crippen molar-refractivity contribution in [2.24, 2.45) is 5.73 Å². The van der Waals surface area contributed by atoms with E-state index in [-0.39, 0.29) is 11.9 Å². The molecule has 1 aromatic rings. The van der Waals surface area contributed by atoms with E-state index in [9.17, 15) is 4.39 Å². The fourth-order valence-electron chi connectivity index (χ4n) is 1.98. The Balaban J connectivity index is 2.44. The van der Waals surface area contributed by atoms with Gasteiger partial charge in [-0.25, -0.2) is 4.39 Å². The lowest BCUT2D eigenvalue weighted by molar-refractivity contribution is 0.525. The Bertz CT molecular complexity index is 321. The van der Waals surface area contributed by atoms with Crippen molar-refractivity contribution < 1.29 is 4.39 Å². The van der Waals surface area contributed by atoms with Gasteiger partial charge in [0.2, 0.25) is 0 Å². The zero-order valence-corrected chi connectivity index (χ0v) is 12.0. The van der Waals surface area contributed by atoms with Gasteiger partial charge in [0.05, 0.1) is 0 Å². The van der Waals surface area contributed by atoms with Gasteiger partial charge in [0.25, 0.3) is 0 Å². The molecular weight excluding hydrogens is 281 g/mol. The summed E-state index contributed by atoms with van der Waals surface area (Å²) in [4.78, 5) is 0. The molecule has 0 aliphatic heterocycles. The lowest BCUT2D eigenvalue weighted by Gasteiger charge is -2.14. The highest BCUT2D eigenvalue weighted by Gasteiger charge is 2.14. The monoisotopic (exact) mass is 301 g/mol. The first-order valence-corrected chi connectivity index (χ1v) is 7.15. The van der Waals surface area contributed by atoms with Gasteiger partial charge in [-0.05, 0) is 18.6 Å². The minimum Gasteiger partial charge on any atom is -0.324 e. The Morgan fingerprint density at radius 2 is 1.94 bits per heavy atom. The number of nitrogens with two attached hydrogens (primary N) is 1. The molecule has 17 heavy (non-hydrogen) atoms. The van der Waals surface area contributed by atoms with E-state index in [1.165, 1.54) is 31.7 Å². The van der Waals surface area contributed by atoms with Gasteiger partial charge < -0.3 is 5.73 Å². The van der Waals surface area contributed by atoms with Crippen LogP contribution in [-0.2, 0) is 0 Å². The molecule has 1 nitrogen and oxygen atoms in total. The van der Waals surface area contributed by atoms with Gasteiger partial charge in [-0.2, -0.15) is 0 Å². The van der Waals surface area contributed by atoms with E-state index in [0.29, 0.717) is 5.56 Å². The molecule has 2 N–H and O–H groups in total. The van der Waals surface area contributed by atoms with Crippen molar-refractivity contribution in [1.82, 2.24) is 0 Å². The lowest BCUT2D eigenvalue weighted by atomic mass is 10.00. The number of halogens is 2. The normalized spacial score (nSPS) is 12.7. The van der Waals surface area contributed by atoms with Crippen LogP contribution in [0.1, 0.15) is 57.1 Å². The van der Waals surface area contributed by atoms with Gasteiger partial charge in [0, 0.05) is 16.1 Å². The number of unbranched alkanes of at least 4 members (excludes halogenated alkanes) is 4. The zero-order chi connectivity index (χ0) is 12.7. The smallest absolute Gasteiger partial charge is 0.129 e. The van der Waals surface area contributed by atoms with Gasteiger partial charge >= 0.3 is 0 Å². The summed E-state index contributed by atoms with van der Waals surface area (Å²) < 4.78 is 14.4. The van der Waals surface area contributed by atoms with Crippen LogP contribution >= 0.6 is 15.9 Å². The first-order valence-electron chi connectivity index (χ1n) is 6.36. The fourth-order valence-corrected chi connectivity index (χ4v) is 2.61. The number of benzene rings is 1. The van der Waals surface area contributed by atoms with Gasteiger partial charge in [-0.3, -0.25) is 0 Å². The summed E-state index contributed by atoms with van der Waals surface area (Å²) in [6.07, 6.45) is 6.88. The van der Waals surface area contributed by atoms with Crippen molar-refractivity contribution in [1.29, 1.82) is 0 Å². The second-order valence-corrected chi connectivity index (χ2v) is 5.30. The molecule has 1 aromatic carbocycles. The maximum absolute atomic E-state index is 13.6. The van der Waals surface area contributed by atoms with E-state index >= 15 is 0 Å². The molecule has 0 aliphatic carbocycles. The number of hydrogen-bond acceptors (Lipinski definition) is 1. The third-order valence-electron chi connectivity index (χ3n) is 2.99. The molecule has 96 valence electrons. The molecule has 0 fully saturated rings. The molecule has 1 atom stereocenters. The first kappa shape index (κ1) is 14.7. The fraction of sp³-hybridized carbons (Fsp3) is 0.571. The summed E-state index contributed by atoms with van der Waals surface area (Å²) in [7, 11) is 0. The van der Waals surface area contributed by atoms with E-state index in [2.05, 4.69) is 22.9 Å². The maximum atomic E-state index is 13.6. The Kier molecular flexibility index (Phi) is 6.75. The predicted molar refractivity (Wildman–Crippen MR) is 74.4 cm³/mol. The molecule has 0 amide bonds. The summed E-state index contributed by atoms with van der Waals surface area (Å²) in [5.74, 6) is -0.208. The molecule has 1 unspecified atom stereocenters. The SMILES string of the molecule is CCCCCCCC(N)c1c(F)cccc1Br. The van der Waals surface area contributed by atoms with E-state index in [0.717, 1.165) is 17.3 Å². The van der Waals surface area contributed by atoms with Crippen LogP contribution in [0.3, 0.4) is 0 Å². The highest BCUT2D eigenvalue weighted by Crippen LogP contribution is 2.28. The summed E-state index contributed by atoms with van der Waals surface area (Å²) >= 11 is 3.36. The van der Waals surface area contributed by atoms with E-state index in [1.54, 1.807) is 6.07 Å². The third-order valence-corrected chi connectivity index (χ3v) is 3.68. The topological polar surface area (TPSA) is 26.0 Å². The Hall–Kier alpha value is -0.410. The van der Waals surface area contributed by atoms with Crippen molar-refractivity contribution in [2.45, 2.75) is 51.5 Å². The predicted octanol–water partition coefficient (Wildman–Crippen LogP) is 4.95. The van der Waals surface area contributed by atoms with Crippen LogP contribution in [0.25, 0.3) is 0 Å². The van der Waals surface area contributed by atoms with Crippen molar-refractivity contribution in [3.05, 3.63) is 34.1 Å². The summed E-state index contributed by atoms with van der Waals surface area (Å²) in [6.45, 7) is 2.20. The molecule has 0 spiro atoms. The van der Waals surface area contributed by atoms with Crippen LogP contribution in [-0.4, -0.2) is 0 Å². The minimum atomic E-state index is -0.208. The first-order chi connectivity index (χ1) is 8.16. The van der Waals surface area contributed by atoms with Crippen molar-refractivity contribution >= 4 is 15.9 Å². The quantitative estimate of drug-likeness (QED) is 0.709. The summed E-state index contributed by atoms with van der Waals surface area (Å²) in [6, 6.07) is 4.80. The van der Waals surface area contributed by atoms with Gasteiger partial charge in [0.15, 0.2) is 0 Å². The number of rotatable bonds is 7. The van der Waals surface area contributed by atoms with Crippen LogP contribution in [0, 0.1) is 5.82 Å². The average molecular weight is 302 g/mol. The Morgan fingerprint density at radius 1 is 1.24 bits per heavy atom. The Labute approximate surface area is 112 Å². The van der Waals surface area contributed by atoms with E-state index in [1.807, 2.05) is 6.07 Å². The average Bonchev–Trinajstić information content (AvgIpc) is 2.28. The minimum absolute atomic E-state index is 0.202. The standard InChI is InChI=1S/C14H21BrFN/c1-2-3-4-5-6-10-13(17)14-11(15)8-7-9-12(14)16/h7-9,13H,2-6,10,17H2,1H3. The number of hydrogen-bond donors (Lipinski definition) is 1. The molecular formula is C14H21BrFN. The molecule has 0 saturated carbocycles. The summed E-state index contributed by atoms with van der Waals surface area (Å²) in [5.41, 5.74) is 6.66. The third kappa shape index (κ3) is 4.76. The van der Waals surface area contributed by atoms with Crippen LogP contribution < -0.4 is 5.73 Å². The molecule has 0 aliphatic rings. The van der Waals surface area contributed by atoms with E-state index in [4.69, 9.17) is 5.73 Å². The molecule has 0 bridgehead atoms. The molecule has 0 saturated heterocycles. The second kappa shape index (κ2) is 7.83. The Morgan fingerprint density at radius 3 is 2.59 bits per heavy atom. The molecule has 0 aromatic heterocycles. The highest BCUT2D eigenvalue weighted by molar-refractivity contribution is 9.10. The van der Waals surface area contributed by atoms with Crippen LogP contribution in [0.2, 0.25) is 0 Å². The lowest BCUT2D eigenvalue weighted by Crippen LogP contribution is -2.12. The van der Waals surface area contributed by atoms with Crippen molar-refractivity contribution in [3.8, 4) is 0 Å². The van der Waals surface area contributed by atoms with Gasteiger partial charge in [0.1, 0.15) is 5.82 Å². The van der Waals surface area contributed by atoms with Gasteiger partial charge in [-0.15, -0.1) is 0 Å². The van der Waals surface area contributed by atoms with Crippen LogP contribution in [0.15, 0.2) is 22.7 Å². The van der Waals surface area contributed by atoms with E-state index < -0.39 is 0 Å². The van der Waals surface area contributed by atoms with Gasteiger partial charge in [-0.1, -0.05) is 61.0 Å². The van der Waals surface area contributed by atoms with Crippen LogP contribution in [0.4, 0.5) is 4.39 Å².